The minimum atomic E-state index is -0.283. The van der Waals surface area contributed by atoms with Crippen molar-refractivity contribution >= 4 is 5.71 Å². The van der Waals surface area contributed by atoms with Crippen LogP contribution in [-0.2, 0) is 11.4 Å². The fourth-order valence-corrected chi connectivity index (χ4v) is 3.74. The van der Waals surface area contributed by atoms with Crippen molar-refractivity contribution in [2.75, 3.05) is 0 Å². The van der Waals surface area contributed by atoms with Gasteiger partial charge in [-0.05, 0) is 92.1 Å². The average molecular weight is 430 g/mol. The molecule has 3 aromatic carbocycles. The molecule has 1 aromatic heterocycles. The van der Waals surface area contributed by atoms with Crippen molar-refractivity contribution in [2.24, 2.45) is 5.16 Å². The Kier molecular flexibility index (Phi) is 6.17. The average Bonchev–Trinajstić information content (AvgIpc) is 3.13. The van der Waals surface area contributed by atoms with Gasteiger partial charge < -0.3 is 9.40 Å². The summed E-state index contributed by atoms with van der Waals surface area (Å²) >= 11 is 0. The zero-order chi connectivity index (χ0) is 22.7. The number of aromatic nitrogens is 1. The molecular formula is C27H24F2N2O. The molecule has 0 aliphatic heterocycles. The molecule has 0 saturated carbocycles. The largest absolute Gasteiger partial charge is 0.391 e. The van der Waals surface area contributed by atoms with Crippen molar-refractivity contribution in [3.63, 3.8) is 0 Å². The number of halogens is 2. The highest BCUT2D eigenvalue weighted by molar-refractivity contribution is 6.01. The van der Waals surface area contributed by atoms with E-state index in [0.717, 1.165) is 45.0 Å². The maximum atomic E-state index is 13.5. The van der Waals surface area contributed by atoms with Gasteiger partial charge in [-0.15, -0.1) is 0 Å². The van der Waals surface area contributed by atoms with Gasteiger partial charge in [-0.25, -0.2) is 8.78 Å². The lowest BCUT2D eigenvalue weighted by molar-refractivity contribution is 0.130. The normalized spacial score (nSPS) is 11.6. The number of hydrogen-bond donors (Lipinski definition) is 0. The standard InChI is InChI=1S/C27H24F2N2O/c1-18-5-4-6-25(15-18)31-20(3)26(16-27(31)22-9-13-24(29)14-10-22)19(2)30-32-17-21-7-11-23(28)12-8-21/h4-16H,17H2,1-3H3. The molecule has 0 aliphatic rings. The Balaban J connectivity index is 1.71. The van der Waals surface area contributed by atoms with Gasteiger partial charge in [0.05, 0.1) is 11.4 Å². The fourth-order valence-electron chi connectivity index (χ4n) is 3.74. The number of aryl methyl sites for hydroxylation is 1. The SMILES string of the molecule is CC(=NOCc1ccc(F)cc1)c1cc(-c2ccc(F)cc2)n(-c2cccc(C)c2)c1C. The Morgan fingerprint density at radius 2 is 1.53 bits per heavy atom. The third-order valence-electron chi connectivity index (χ3n) is 5.38. The van der Waals surface area contributed by atoms with E-state index < -0.39 is 0 Å². The second kappa shape index (κ2) is 9.18. The van der Waals surface area contributed by atoms with Crippen LogP contribution < -0.4 is 0 Å². The summed E-state index contributed by atoms with van der Waals surface area (Å²) in [5.41, 5.74) is 7.51. The molecule has 5 heteroatoms. The van der Waals surface area contributed by atoms with E-state index in [4.69, 9.17) is 4.84 Å². The summed E-state index contributed by atoms with van der Waals surface area (Å²) in [5.74, 6) is -0.554. The van der Waals surface area contributed by atoms with Crippen molar-refractivity contribution in [2.45, 2.75) is 27.4 Å². The van der Waals surface area contributed by atoms with Gasteiger partial charge in [0, 0.05) is 16.9 Å². The van der Waals surface area contributed by atoms with Gasteiger partial charge >= 0.3 is 0 Å². The lowest BCUT2D eigenvalue weighted by Crippen LogP contribution is -2.03. The number of benzene rings is 3. The van der Waals surface area contributed by atoms with Gasteiger partial charge in [0.1, 0.15) is 18.2 Å². The van der Waals surface area contributed by atoms with Gasteiger partial charge in [-0.2, -0.15) is 0 Å². The Labute approximate surface area is 186 Å². The van der Waals surface area contributed by atoms with Crippen LogP contribution in [0.1, 0.15) is 29.3 Å². The maximum Gasteiger partial charge on any atom is 0.142 e. The van der Waals surface area contributed by atoms with Gasteiger partial charge in [0.2, 0.25) is 0 Å². The van der Waals surface area contributed by atoms with Gasteiger partial charge in [0.15, 0.2) is 0 Å². The summed E-state index contributed by atoms with van der Waals surface area (Å²) in [5, 5.41) is 4.30. The predicted molar refractivity (Wildman–Crippen MR) is 124 cm³/mol. The molecule has 3 nitrogen and oxygen atoms in total. The first kappa shape index (κ1) is 21.5. The molecule has 0 N–H and O–H groups in total. The van der Waals surface area contributed by atoms with Crippen molar-refractivity contribution in [1.82, 2.24) is 4.57 Å². The number of hydrogen-bond acceptors (Lipinski definition) is 2. The van der Waals surface area contributed by atoms with Crippen molar-refractivity contribution in [3.8, 4) is 16.9 Å². The Bertz CT molecular complexity index is 1260. The van der Waals surface area contributed by atoms with Gasteiger partial charge in [-0.1, -0.05) is 29.4 Å². The molecule has 162 valence electrons. The second-order valence-corrected chi connectivity index (χ2v) is 7.79. The molecule has 0 unspecified atom stereocenters. The minimum absolute atomic E-state index is 0.250. The summed E-state index contributed by atoms with van der Waals surface area (Å²) in [7, 11) is 0. The molecule has 4 rings (SSSR count). The van der Waals surface area contributed by atoms with Crippen LogP contribution in [0.15, 0.2) is 84.0 Å². The zero-order valence-corrected chi connectivity index (χ0v) is 18.3. The molecule has 0 bridgehead atoms. The van der Waals surface area contributed by atoms with E-state index in [-0.39, 0.29) is 18.2 Å². The summed E-state index contributed by atoms with van der Waals surface area (Å²) in [4.78, 5) is 5.53. The summed E-state index contributed by atoms with van der Waals surface area (Å²) in [6.07, 6.45) is 0. The van der Waals surface area contributed by atoms with E-state index >= 15 is 0 Å². The topological polar surface area (TPSA) is 26.5 Å². The molecule has 0 atom stereocenters. The van der Waals surface area contributed by atoms with Crippen LogP contribution >= 0.6 is 0 Å². The number of oxime groups is 1. The highest BCUT2D eigenvalue weighted by Gasteiger charge is 2.17. The van der Waals surface area contributed by atoms with E-state index in [1.807, 2.05) is 32.0 Å². The van der Waals surface area contributed by atoms with Crippen LogP contribution in [0.2, 0.25) is 0 Å². The summed E-state index contributed by atoms with van der Waals surface area (Å²) in [6, 6.07) is 22.9. The molecule has 1 heterocycles. The highest BCUT2D eigenvalue weighted by Crippen LogP contribution is 2.30. The van der Waals surface area contributed by atoms with Gasteiger partial charge in [0.25, 0.3) is 0 Å². The molecule has 4 aromatic rings. The first-order valence-electron chi connectivity index (χ1n) is 10.4. The van der Waals surface area contributed by atoms with Crippen LogP contribution in [0.4, 0.5) is 8.78 Å². The smallest absolute Gasteiger partial charge is 0.142 e. The molecule has 0 saturated heterocycles. The van der Waals surface area contributed by atoms with E-state index in [2.05, 4.69) is 28.8 Å². The first-order chi connectivity index (χ1) is 15.4. The lowest BCUT2D eigenvalue weighted by atomic mass is 10.1. The van der Waals surface area contributed by atoms with Gasteiger partial charge in [-0.3, -0.25) is 0 Å². The van der Waals surface area contributed by atoms with E-state index in [1.165, 1.54) is 24.3 Å². The Morgan fingerprint density at radius 1 is 0.875 bits per heavy atom. The molecule has 0 radical (unpaired) electrons. The van der Waals surface area contributed by atoms with E-state index in [1.54, 1.807) is 24.3 Å². The fraction of sp³-hybridized carbons (Fsp3) is 0.148. The minimum Gasteiger partial charge on any atom is -0.391 e. The maximum absolute atomic E-state index is 13.5. The highest BCUT2D eigenvalue weighted by atomic mass is 19.1. The van der Waals surface area contributed by atoms with Crippen LogP contribution in [0, 0.1) is 25.5 Å². The zero-order valence-electron chi connectivity index (χ0n) is 18.3. The Hall–Kier alpha value is -3.73. The Morgan fingerprint density at radius 3 is 2.19 bits per heavy atom. The molecule has 0 aliphatic carbocycles. The first-order valence-corrected chi connectivity index (χ1v) is 10.4. The van der Waals surface area contributed by atoms with Crippen LogP contribution in [-0.4, -0.2) is 10.3 Å². The molecule has 32 heavy (non-hydrogen) atoms. The molecular weight excluding hydrogens is 406 g/mol. The van der Waals surface area contributed by atoms with Crippen LogP contribution in [0.3, 0.4) is 0 Å². The monoisotopic (exact) mass is 430 g/mol. The number of rotatable bonds is 6. The molecule has 0 spiro atoms. The molecule has 0 amide bonds. The summed E-state index contributed by atoms with van der Waals surface area (Å²) in [6.45, 7) is 6.22. The van der Waals surface area contributed by atoms with E-state index in [9.17, 15) is 8.78 Å². The lowest BCUT2D eigenvalue weighted by Gasteiger charge is -2.13. The summed E-state index contributed by atoms with van der Waals surface area (Å²) < 4.78 is 28.8. The second-order valence-electron chi connectivity index (χ2n) is 7.79. The molecule has 0 fully saturated rings. The third kappa shape index (κ3) is 4.62. The number of nitrogens with zero attached hydrogens (tertiary/aromatic N) is 2. The van der Waals surface area contributed by atoms with Crippen molar-refractivity contribution < 1.29 is 13.6 Å². The quantitative estimate of drug-likeness (QED) is 0.239. The van der Waals surface area contributed by atoms with Crippen molar-refractivity contribution in [3.05, 3.63) is 113 Å². The van der Waals surface area contributed by atoms with Crippen LogP contribution in [0.25, 0.3) is 16.9 Å². The third-order valence-corrected chi connectivity index (χ3v) is 5.38. The predicted octanol–water partition coefficient (Wildman–Crippen LogP) is 6.98. The van der Waals surface area contributed by atoms with Crippen LogP contribution in [0.5, 0.6) is 0 Å². The van der Waals surface area contributed by atoms with Crippen molar-refractivity contribution in [1.29, 1.82) is 0 Å². The van der Waals surface area contributed by atoms with E-state index in [0.29, 0.717) is 0 Å².